The van der Waals surface area contributed by atoms with Crippen molar-refractivity contribution >= 4 is 15.9 Å². The summed E-state index contributed by atoms with van der Waals surface area (Å²) in [5.74, 6) is -0.414. The van der Waals surface area contributed by atoms with E-state index in [1.54, 1.807) is 44.1 Å². The van der Waals surface area contributed by atoms with Crippen LogP contribution in [0.15, 0.2) is 46.2 Å². The Hall–Kier alpha value is -2.23. The third-order valence-corrected chi connectivity index (χ3v) is 5.96. The van der Waals surface area contributed by atoms with Crippen LogP contribution in [0.2, 0.25) is 0 Å². The molecule has 1 saturated heterocycles. The van der Waals surface area contributed by atoms with E-state index in [-0.39, 0.29) is 22.9 Å². The Labute approximate surface area is 171 Å². The van der Waals surface area contributed by atoms with Gasteiger partial charge in [0.25, 0.3) is 15.9 Å². The number of aromatic nitrogens is 1. The zero-order chi connectivity index (χ0) is 21.1. The van der Waals surface area contributed by atoms with Crippen LogP contribution in [0.3, 0.4) is 0 Å². The molecule has 0 aliphatic carbocycles. The van der Waals surface area contributed by atoms with Crippen LogP contribution in [-0.4, -0.2) is 49.0 Å². The second-order valence-corrected chi connectivity index (χ2v) is 9.77. The lowest BCUT2D eigenvalue weighted by molar-refractivity contribution is 0.0479. The van der Waals surface area contributed by atoms with E-state index in [0.717, 1.165) is 18.4 Å². The highest BCUT2D eigenvalue weighted by Gasteiger charge is 2.29. The summed E-state index contributed by atoms with van der Waals surface area (Å²) in [5, 5.41) is -0.283. The number of nitrogens with one attached hydrogen (secondary N) is 1. The van der Waals surface area contributed by atoms with Gasteiger partial charge in [0, 0.05) is 37.6 Å². The average Bonchev–Trinajstić information content (AvgIpc) is 3.32. The molecule has 158 valence electrons. The SMILES string of the molecule is CC(C)(C)NS(=O)(=O)c1ccc(C(=O)N(Cc2cccnc2)CC2CCCO2)o1. The van der Waals surface area contributed by atoms with Gasteiger partial charge in [-0.15, -0.1) is 0 Å². The number of hydrogen-bond acceptors (Lipinski definition) is 6. The number of rotatable bonds is 7. The minimum Gasteiger partial charge on any atom is -0.438 e. The first kappa shape index (κ1) is 21.5. The van der Waals surface area contributed by atoms with Crippen LogP contribution in [0.4, 0.5) is 0 Å². The standard InChI is InChI=1S/C20H27N3O5S/c1-20(2,3)22-29(25,26)18-9-8-17(28-18)19(24)23(14-16-7-5-11-27-16)13-15-6-4-10-21-12-15/h4,6,8-10,12,16,22H,5,7,11,13-14H2,1-3H3. The second-order valence-electron chi connectivity index (χ2n) is 8.16. The third-order valence-electron chi connectivity index (χ3n) is 4.33. The maximum Gasteiger partial charge on any atom is 0.290 e. The number of amides is 1. The number of furan rings is 1. The summed E-state index contributed by atoms with van der Waals surface area (Å²) in [4.78, 5) is 18.8. The maximum atomic E-state index is 13.1. The number of pyridine rings is 1. The van der Waals surface area contributed by atoms with Gasteiger partial charge in [0.2, 0.25) is 5.09 Å². The molecule has 1 aliphatic rings. The third kappa shape index (κ3) is 5.88. The molecule has 2 aromatic heterocycles. The molecule has 3 heterocycles. The van der Waals surface area contributed by atoms with E-state index < -0.39 is 15.6 Å². The number of carbonyl (C=O) groups excluding carboxylic acids is 1. The molecular weight excluding hydrogens is 394 g/mol. The molecule has 0 saturated carbocycles. The van der Waals surface area contributed by atoms with Crippen molar-refractivity contribution in [3.8, 4) is 0 Å². The Bertz CT molecular complexity index is 929. The first-order chi connectivity index (χ1) is 13.6. The van der Waals surface area contributed by atoms with Crippen molar-refractivity contribution < 1.29 is 22.4 Å². The van der Waals surface area contributed by atoms with Gasteiger partial charge >= 0.3 is 0 Å². The molecule has 1 aliphatic heterocycles. The molecule has 0 radical (unpaired) electrons. The van der Waals surface area contributed by atoms with E-state index >= 15 is 0 Å². The Morgan fingerprint density at radius 2 is 2.10 bits per heavy atom. The molecule has 1 atom stereocenters. The molecule has 8 nitrogen and oxygen atoms in total. The maximum absolute atomic E-state index is 13.1. The van der Waals surface area contributed by atoms with Gasteiger partial charge in [-0.25, -0.2) is 13.1 Å². The quantitative estimate of drug-likeness (QED) is 0.737. The summed E-state index contributed by atoms with van der Waals surface area (Å²) in [6, 6.07) is 6.38. The van der Waals surface area contributed by atoms with Crippen LogP contribution >= 0.6 is 0 Å². The number of carbonyl (C=O) groups is 1. The van der Waals surface area contributed by atoms with Gasteiger partial charge in [-0.2, -0.15) is 0 Å². The van der Waals surface area contributed by atoms with Crippen LogP contribution in [-0.2, 0) is 21.3 Å². The van der Waals surface area contributed by atoms with Crippen LogP contribution in [0.25, 0.3) is 0 Å². The molecule has 0 spiro atoms. The molecule has 0 bridgehead atoms. The summed E-state index contributed by atoms with van der Waals surface area (Å²) >= 11 is 0. The van der Waals surface area contributed by atoms with Gasteiger partial charge in [-0.3, -0.25) is 9.78 Å². The normalized spacial score (nSPS) is 17.4. The molecule has 1 amide bonds. The summed E-state index contributed by atoms with van der Waals surface area (Å²) in [5.41, 5.74) is 0.203. The summed E-state index contributed by atoms with van der Waals surface area (Å²) in [6.07, 6.45) is 5.16. The molecule has 2 aromatic rings. The monoisotopic (exact) mass is 421 g/mol. The smallest absolute Gasteiger partial charge is 0.290 e. The average molecular weight is 422 g/mol. The Morgan fingerprint density at radius 1 is 1.31 bits per heavy atom. The number of ether oxygens (including phenoxy) is 1. The van der Waals surface area contributed by atoms with E-state index in [0.29, 0.717) is 19.7 Å². The summed E-state index contributed by atoms with van der Waals surface area (Å²) in [6.45, 7) is 6.61. The minimum absolute atomic E-state index is 0.0267. The van der Waals surface area contributed by atoms with Gasteiger partial charge in [0.1, 0.15) is 0 Å². The highest BCUT2D eigenvalue weighted by Crippen LogP contribution is 2.21. The summed E-state index contributed by atoms with van der Waals surface area (Å²) < 4.78 is 38.6. The fraction of sp³-hybridized carbons (Fsp3) is 0.500. The lowest BCUT2D eigenvalue weighted by Gasteiger charge is -2.24. The molecule has 1 unspecified atom stereocenters. The zero-order valence-corrected chi connectivity index (χ0v) is 17.7. The predicted octanol–water partition coefficient (Wildman–Crippen LogP) is 2.57. The fourth-order valence-electron chi connectivity index (χ4n) is 3.15. The second kappa shape index (κ2) is 8.64. The molecule has 3 rings (SSSR count). The zero-order valence-electron chi connectivity index (χ0n) is 16.9. The number of sulfonamides is 1. The predicted molar refractivity (Wildman–Crippen MR) is 107 cm³/mol. The minimum atomic E-state index is -3.86. The fourth-order valence-corrected chi connectivity index (χ4v) is 4.51. The number of hydrogen-bond donors (Lipinski definition) is 1. The first-order valence-electron chi connectivity index (χ1n) is 9.58. The van der Waals surface area contributed by atoms with Crippen LogP contribution in [0.1, 0.15) is 49.7 Å². The van der Waals surface area contributed by atoms with E-state index in [2.05, 4.69) is 9.71 Å². The van der Waals surface area contributed by atoms with Crippen LogP contribution < -0.4 is 4.72 Å². The molecule has 29 heavy (non-hydrogen) atoms. The van der Waals surface area contributed by atoms with Crippen molar-refractivity contribution in [2.45, 2.75) is 56.9 Å². The highest BCUT2D eigenvalue weighted by atomic mass is 32.2. The van der Waals surface area contributed by atoms with Crippen molar-refractivity contribution in [3.63, 3.8) is 0 Å². The van der Waals surface area contributed by atoms with Crippen molar-refractivity contribution in [2.24, 2.45) is 0 Å². The van der Waals surface area contributed by atoms with E-state index in [9.17, 15) is 13.2 Å². The number of nitrogens with zero attached hydrogens (tertiary/aromatic N) is 2. The van der Waals surface area contributed by atoms with Crippen molar-refractivity contribution in [2.75, 3.05) is 13.2 Å². The summed E-state index contributed by atoms with van der Waals surface area (Å²) in [7, 11) is -3.86. The lowest BCUT2D eigenvalue weighted by Crippen LogP contribution is -2.40. The van der Waals surface area contributed by atoms with Gasteiger partial charge in [0.05, 0.1) is 6.10 Å². The van der Waals surface area contributed by atoms with Crippen LogP contribution in [0, 0.1) is 0 Å². The molecule has 1 N–H and O–H groups in total. The van der Waals surface area contributed by atoms with Gasteiger partial charge < -0.3 is 14.1 Å². The van der Waals surface area contributed by atoms with E-state index in [1.807, 2.05) is 6.07 Å². The van der Waals surface area contributed by atoms with Gasteiger partial charge in [0.15, 0.2) is 5.76 Å². The highest BCUT2D eigenvalue weighted by molar-refractivity contribution is 7.89. The van der Waals surface area contributed by atoms with Crippen molar-refractivity contribution in [3.05, 3.63) is 48.0 Å². The molecular formula is C20H27N3O5S. The first-order valence-corrected chi connectivity index (χ1v) is 11.1. The van der Waals surface area contributed by atoms with Crippen LogP contribution in [0.5, 0.6) is 0 Å². The molecule has 9 heteroatoms. The topological polar surface area (TPSA) is 102 Å². The van der Waals surface area contributed by atoms with Crippen molar-refractivity contribution in [1.29, 1.82) is 0 Å². The Balaban J connectivity index is 1.81. The largest absolute Gasteiger partial charge is 0.438 e. The van der Waals surface area contributed by atoms with Gasteiger partial charge in [-0.1, -0.05) is 6.07 Å². The van der Waals surface area contributed by atoms with E-state index in [1.165, 1.54) is 12.1 Å². The van der Waals surface area contributed by atoms with Gasteiger partial charge in [-0.05, 0) is 57.4 Å². The van der Waals surface area contributed by atoms with E-state index in [4.69, 9.17) is 9.15 Å². The van der Waals surface area contributed by atoms with Crippen molar-refractivity contribution in [1.82, 2.24) is 14.6 Å². The Morgan fingerprint density at radius 3 is 2.72 bits per heavy atom. The lowest BCUT2D eigenvalue weighted by atomic mass is 10.1. The molecule has 1 fully saturated rings. The molecule has 0 aromatic carbocycles. The Kier molecular flexibility index (Phi) is 6.40.